The summed E-state index contributed by atoms with van der Waals surface area (Å²) >= 11 is 1.49. The monoisotopic (exact) mass is 460 g/mol. The van der Waals surface area contributed by atoms with Crippen LogP contribution in [0.25, 0.3) is 0 Å². The fraction of sp³-hybridized carbons (Fsp3) is 0.120. The second-order valence-electron chi connectivity index (χ2n) is 7.27. The lowest BCUT2D eigenvalue weighted by atomic mass is 10.1. The van der Waals surface area contributed by atoms with E-state index in [9.17, 15) is 19.2 Å². The van der Waals surface area contributed by atoms with Crippen molar-refractivity contribution in [2.24, 2.45) is 0 Å². The average molecular weight is 461 g/mol. The molecule has 0 saturated heterocycles. The molecule has 33 heavy (non-hydrogen) atoms. The minimum atomic E-state index is -1.16. The summed E-state index contributed by atoms with van der Waals surface area (Å²) in [4.78, 5) is 52.7. The molecular weight excluding hydrogens is 440 g/mol. The summed E-state index contributed by atoms with van der Waals surface area (Å²) in [5, 5.41) is 2.74. The molecule has 7 nitrogen and oxygen atoms in total. The predicted molar refractivity (Wildman–Crippen MR) is 123 cm³/mol. The minimum absolute atomic E-state index is 0.243. The Hall–Kier alpha value is -3.91. The molecule has 8 heteroatoms. The largest absolute Gasteiger partial charge is 0.454 e. The summed E-state index contributed by atoms with van der Waals surface area (Å²) in [6.45, 7) is 0.852. The van der Waals surface area contributed by atoms with Crippen LogP contribution in [0.2, 0.25) is 0 Å². The van der Waals surface area contributed by atoms with E-state index in [4.69, 9.17) is 4.74 Å². The predicted octanol–water partition coefficient (Wildman–Crippen LogP) is 4.00. The molecule has 1 N–H and O–H groups in total. The average Bonchev–Trinajstić information content (AvgIpc) is 3.09. The first-order valence-electron chi connectivity index (χ1n) is 10.2. The Bertz CT molecular complexity index is 1190. The number of ether oxygens (including phenoxy) is 1. The number of esters is 1. The van der Waals surface area contributed by atoms with Gasteiger partial charge in [-0.15, -0.1) is 0 Å². The molecule has 0 aromatic heterocycles. The Balaban J connectivity index is 1.36. The molecule has 0 fully saturated rings. The zero-order chi connectivity index (χ0) is 23.4. The van der Waals surface area contributed by atoms with Gasteiger partial charge in [-0.3, -0.25) is 19.3 Å². The molecule has 0 saturated carbocycles. The van der Waals surface area contributed by atoms with E-state index in [1.165, 1.54) is 30.8 Å². The van der Waals surface area contributed by atoms with Crippen LogP contribution in [0.1, 0.15) is 27.6 Å². The first-order chi connectivity index (χ1) is 16.0. The van der Waals surface area contributed by atoms with Crippen molar-refractivity contribution in [3.8, 4) is 0 Å². The quantitative estimate of drug-likeness (QED) is 0.423. The maximum absolute atomic E-state index is 12.5. The van der Waals surface area contributed by atoms with Gasteiger partial charge in [-0.05, 0) is 43.3 Å². The molecule has 1 aliphatic heterocycles. The van der Waals surface area contributed by atoms with Crippen LogP contribution in [0, 0.1) is 0 Å². The van der Waals surface area contributed by atoms with E-state index in [1.807, 2.05) is 42.5 Å². The Morgan fingerprint density at radius 1 is 0.879 bits per heavy atom. The topological polar surface area (TPSA) is 92.8 Å². The van der Waals surface area contributed by atoms with Gasteiger partial charge in [0.1, 0.15) is 6.04 Å². The van der Waals surface area contributed by atoms with Crippen LogP contribution in [0.5, 0.6) is 0 Å². The van der Waals surface area contributed by atoms with Crippen molar-refractivity contribution in [2.45, 2.75) is 22.8 Å². The Labute approximate surface area is 194 Å². The van der Waals surface area contributed by atoms with Gasteiger partial charge in [0.2, 0.25) is 0 Å². The number of amides is 3. The minimum Gasteiger partial charge on any atom is -0.454 e. The summed E-state index contributed by atoms with van der Waals surface area (Å²) < 4.78 is 5.10. The number of hydrogen-bond acceptors (Lipinski definition) is 6. The highest BCUT2D eigenvalue weighted by molar-refractivity contribution is 7.99. The van der Waals surface area contributed by atoms with E-state index in [2.05, 4.69) is 5.32 Å². The second kappa shape index (κ2) is 9.70. The van der Waals surface area contributed by atoms with Crippen molar-refractivity contribution in [3.63, 3.8) is 0 Å². The molecule has 166 valence electrons. The molecule has 3 aromatic rings. The number of fused-ring (bicyclic) bond motifs is 1. The van der Waals surface area contributed by atoms with Crippen LogP contribution in [0.4, 0.5) is 5.69 Å². The molecular formula is C25H20N2O5S. The molecule has 4 rings (SSSR count). The van der Waals surface area contributed by atoms with E-state index < -0.39 is 36.3 Å². The molecule has 0 aliphatic carbocycles. The lowest BCUT2D eigenvalue weighted by Crippen LogP contribution is -2.44. The third-order valence-electron chi connectivity index (χ3n) is 5.03. The van der Waals surface area contributed by atoms with Crippen LogP contribution >= 0.6 is 11.8 Å². The lowest BCUT2D eigenvalue weighted by Gasteiger charge is -2.20. The van der Waals surface area contributed by atoms with Gasteiger partial charge in [0, 0.05) is 9.79 Å². The van der Waals surface area contributed by atoms with Gasteiger partial charge in [-0.25, -0.2) is 4.79 Å². The highest BCUT2D eigenvalue weighted by atomic mass is 32.2. The van der Waals surface area contributed by atoms with Gasteiger partial charge in [-0.2, -0.15) is 0 Å². The molecule has 0 unspecified atom stereocenters. The van der Waals surface area contributed by atoms with Crippen molar-refractivity contribution in [3.05, 3.63) is 90.0 Å². The maximum Gasteiger partial charge on any atom is 0.329 e. The molecule has 0 radical (unpaired) electrons. The van der Waals surface area contributed by atoms with Gasteiger partial charge in [0.25, 0.3) is 17.7 Å². The van der Waals surface area contributed by atoms with Crippen molar-refractivity contribution < 1.29 is 23.9 Å². The number of hydrogen-bond donors (Lipinski definition) is 1. The molecule has 1 aliphatic rings. The first kappa shape index (κ1) is 22.3. The van der Waals surface area contributed by atoms with Crippen molar-refractivity contribution in [1.29, 1.82) is 0 Å². The Morgan fingerprint density at radius 3 is 2.12 bits per heavy atom. The molecule has 1 atom stereocenters. The number of imide groups is 1. The SMILES string of the molecule is C[C@@H](C(=O)OCC(=O)Nc1ccccc1Sc1ccccc1)N1C(=O)c2ccccc2C1=O. The number of nitrogens with zero attached hydrogens (tertiary/aromatic N) is 1. The summed E-state index contributed by atoms with van der Waals surface area (Å²) in [7, 11) is 0. The van der Waals surface area contributed by atoms with Crippen molar-refractivity contribution in [2.75, 3.05) is 11.9 Å². The number of anilines is 1. The number of nitrogens with one attached hydrogen (secondary N) is 1. The van der Waals surface area contributed by atoms with Gasteiger partial charge in [0.15, 0.2) is 6.61 Å². The number of para-hydroxylation sites is 1. The number of carbonyl (C=O) groups is 4. The van der Waals surface area contributed by atoms with Gasteiger partial charge >= 0.3 is 5.97 Å². The summed E-state index contributed by atoms with van der Waals surface area (Å²) in [6, 6.07) is 22.2. The van der Waals surface area contributed by atoms with E-state index in [0.29, 0.717) is 5.69 Å². The fourth-order valence-electron chi connectivity index (χ4n) is 3.38. The Morgan fingerprint density at radius 2 is 1.45 bits per heavy atom. The standard InChI is InChI=1S/C25H20N2O5S/c1-16(27-23(29)18-11-5-6-12-19(18)24(27)30)25(31)32-15-22(28)26-20-13-7-8-14-21(20)33-17-9-3-2-4-10-17/h2-14,16H,15H2,1H3,(H,26,28)/t16-/m0/s1. The van der Waals surface area contributed by atoms with Gasteiger partial charge in [-0.1, -0.05) is 54.2 Å². The summed E-state index contributed by atoms with van der Waals surface area (Å²) in [5.41, 5.74) is 1.07. The van der Waals surface area contributed by atoms with E-state index in [1.54, 1.807) is 24.3 Å². The van der Waals surface area contributed by atoms with Crippen LogP contribution in [0.15, 0.2) is 88.7 Å². The first-order valence-corrected chi connectivity index (χ1v) is 11.0. The van der Waals surface area contributed by atoms with Crippen molar-refractivity contribution >= 4 is 41.1 Å². The molecule has 0 spiro atoms. The highest BCUT2D eigenvalue weighted by Crippen LogP contribution is 2.33. The third kappa shape index (κ3) is 4.80. The fourth-order valence-corrected chi connectivity index (χ4v) is 4.31. The zero-order valence-corrected chi connectivity index (χ0v) is 18.5. The highest BCUT2D eigenvalue weighted by Gasteiger charge is 2.41. The molecule has 1 heterocycles. The molecule has 0 bridgehead atoms. The maximum atomic E-state index is 12.5. The third-order valence-corrected chi connectivity index (χ3v) is 6.12. The summed E-state index contributed by atoms with van der Waals surface area (Å²) in [6.07, 6.45) is 0. The number of benzene rings is 3. The Kier molecular flexibility index (Phi) is 6.55. The number of carbonyl (C=O) groups excluding carboxylic acids is 4. The van der Waals surface area contributed by atoms with E-state index in [0.717, 1.165) is 14.7 Å². The summed E-state index contributed by atoms with van der Waals surface area (Å²) in [5.74, 6) is -2.49. The smallest absolute Gasteiger partial charge is 0.329 e. The van der Waals surface area contributed by atoms with Gasteiger partial charge < -0.3 is 10.1 Å². The van der Waals surface area contributed by atoms with Gasteiger partial charge in [0.05, 0.1) is 16.8 Å². The number of rotatable bonds is 7. The van der Waals surface area contributed by atoms with E-state index >= 15 is 0 Å². The van der Waals surface area contributed by atoms with Crippen LogP contribution in [-0.2, 0) is 14.3 Å². The lowest BCUT2D eigenvalue weighted by molar-refractivity contribution is -0.150. The molecule has 3 amide bonds. The van der Waals surface area contributed by atoms with Crippen LogP contribution in [-0.4, -0.2) is 41.2 Å². The van der Waals surface area contributed by atoms with Crippen molar-refractivity contribution in [1.82, 2.24) is 4.90 Å². The zero-order valence-electron chi connectivity index (χ0n) is 17.7. The molecule has 3 aromatic carbocycles. The second-order valence-corrected chi connectivity index (χ2v) is 8.38. The normalized spacial score (nSPS) is 13.4. The van der Waals surface area contributed by atoms with Crippen LogP contribution < -0.4 is 5.32 Å². The van der Waals surface area contributed by atoms with Crippen LogP contribution in [0.3, 0.4) is 0 Å². The van der Waals surface area contributed by atoms with E-state index in [-0.39, 0.29) is 11.1 Å².